The summed E-state index contributed by atoms with van der Waals surface area (Å²) in [4.78, 5) is 73.3. The third-order valence-electron chi connectivity index (χ3n) is 10.2. The van der Waals surface area contributed by atoms with Gasteiger partial charge in [0, 0.05) is 32.6 Å². The monoisotopic (exact) mass is 746 g/mol. The number of carbonyl (C=O) groups excluding carboxylic acids is 5. The zero-order valence-electron chi connectivity index (χ0n) is 33.1. The number of rotatable bonds is 21. The first-order valence-electron chi connectivity index (χ1n) is 19.7. The predicted octanol–water partition coefficient (Wildman–Crippen LogP) is 2.89. The molecule has 0 aliphatic carbocycles. The van der Waals surface area contributed by atoms with Gasteiger partial charge in [-0.1, -0.05) is 95.3 Å². The Hall–Kier alpha value is -4.13. The van der Waals surface area contributed by atoms with Gasteiger partial charge >= 0.3 is 0 Å². The first kappa shape index (κ1) is 42.6. The molecule has 2 fully saturated rings. The quantitative estimate of drug-likeness (QED) is 0.143. The summed E-state index contributed by atoms with van der Waals surface area (Å²) < 4.78 is 5.42. The van der Waals surface area contributed by atoms with Gasteiger partial charge in [-0.2, -0.15) is 0 Å². The van der Waals surface area contributed by atoms with Gasteiger partial charge in [-0.25, -0.2) is 0 Å². The molecule has 0 spiro atoms. The Morgan fingerprint density at radius 2 is 1.15 bits per heavy atom. The Bertz CT molecular complexity index is 1520. The van der Waals surface area contributed by atoms with Gasteiger partial charge in [0.05, 0.1) is 19.2 Å². The summed E-state index contributed by atoms with van der Waals surface area (Å²) in [5.74, 6) is -1.75. The third kappa shape index (κ3) is 13.6. The lowest BCUT2D eigenvalue weighted by atomic mass is 9.93. The molecule has 0 radical (unpaired) electrons. The van der Waals surface area contributed by atoms with Crippen LogP contribution in [0.5, 0.6) is 0 Å². The lowest BCUT2D eigenvalue weighted by molar-refractivity contribution is -0.135. The molecule has 12 nitrogen and oxygen atoms in total. The number of likely N-dealkylation sites (N-methyl/N-ethyl adjacent to an activating group) is 1. The van der Waals surface area contributed by atoms with Gasteiger partial charge in [0.2, 0.25) is 23.6 Å². The molecule has 4 N–H and O–H groups in total. The van der Waals surface area contributed by atoms with Crippen molar-refractivity contribution in [2.24, 2.45) is 11.8 Å². The van der Waals surface area contributed by atoms with E-state index < -0.39 is 47.5 Å². The van der Waals surface area contributed by atoms with Crippen molar-refractivity contribution < 1.29 is 28.7 Å². The van der Waals surface area contributed by atoms with Crippen LogP contribution in [0.3, 0.4) is 0 Å². The number of hydrogen-bond donors (Lipinski definition) is 4. The van der Waals surface area contributed by atoms with Crippen molar-refractivity contribution in [1.82, 2.24) is 31.1 Å². The van der Waals surface area contributed by atoms with E-state index in [2.05, 4.69) is 38.0 Å². The minimum absolute atomic E-state index is 0.0222. The molecule has 12 heteroatoms. The minimum atomic E-state index is -1.02. The molecule has 0 aromatic heterocycles. The largest absolute Gasteiger partial charge is 0.361 e. The maximum absolute atomic E-state index is 14.1. The van der Waals surface area contributed by atoms with E-state index >= 15 is 0 Å². The first-order valence-corrected chi connectivity index (χ1v) is 19.7. The molecule has 5 atom stereocenters. The van der Waals surface area contributed by atoms with Gasteiger partial charge in [0.1, 0.15) is 23.7 Å². The van der Waals surface area contributed by atoms with Crippen LogP contribution < -0.4 is 21.3 Å². The Balaban J connectivity index is 1.50. The second-order valence-corrected chi connectivity index (χ2v) is 15.9. The molecule has 2 aliphatic heterocycles. The van der Waals surface area contributed by atoms with Crippen LogP contribution in [-0.2, 0) is 41.6 Å². The fourth-order valence-electron chi connectivity index (χ4n) is 6.83. The van der Waals surface area contributed by atoms with E-state index in [1.54, 1.807) is 6.92 Å². The molecule has 2 aromatic carbocycles. The Kier molecular flexibility index (Phi) is 16.2. The maximum atomic E-state index is 14.1. The lowest BCUT2D eigenvalue weighted by Crippen LogP contribution is -2.59. The SMILES string of the molecule is CCN1CCN(CC(=O)N[C@@H](CCc2ccccc2)C(=O)N[C@@H](CC(C)C)C(=O)N[C@@H](Cc2ccccc2)C(=O)N[C@@H](CC(C)C)C(=O)[C@@]2(C)CO2)CC1. The summed E-state index contributed by atoms with van der Waals surface area (Å²) in [5, 5.41) is 11.8. The molecule has 4 rings (SSSR count). The topological polar surface area (TPSA) is 152 Å². The van der Waals surface area contributed by atoms with Gasteiger partial charge in [-0.05, 0) is 62.1 Å². The normalized spacial score (nSPS) is 19.7. The van der Waals surface area contributed by atoms with Crippen LogP contribution in [0.25, 0.3) is 0 Å². The molecule has 0 bridgehead atoms. The number of amides is 4. The van der Waals surface area contributed by atoms with Crippen molar-refractivity contribution in [3.05, 3.63) is 71.8 Å². The summed E-state index contributed by atoms with van der Waals surface area (Å²) >= 11 is 0. The van der Waals surface area contributed by atoms with Crippen LogP contribution in [0, 0.1) is 11.8 Å². The second-order valence-electron chi connectivity index (χ2n) is 15.9. The van der Waals surface area contributed by atoms with Crippen molar-refractivity contribution in [1.29, 1.82) is 0 Å². The number of nitrogens with zero attached hydrogens (tertiary/aromatic N) is 2. The zero-order valence-corrected chi connectivity index (χ0v) is 33.1. The summed E-state index contributed by atoms with van der Waals surface area (Å²) in [6, 6.07) is 15.4. The number of piperazine rings is 1. The summed E-state index contributed by atoms with van der Waals surface area (Å²) in [5.41, 5.74) is 0.933. The Morgan fingerprint density at radius 3 is 1.70 bits per heavy atom. The number of ketones is 1. The molecule has 2 aliphatic rings. The number of nitrogens with one attached hydrogen (secondary N) is 4. The molecule has 2 heterocycles. The van der Waals surface area contributed by atoms with Gasteiger partial charge in [-0.15, -0.1) is 0 Å². The molecule has 296 valence electrons. The predicted molar refractivity (Wildman–Crippen MR) is 209 cm³/mol. The summed E-state index contributed by atoms with van der Waals surface area (Å²) in [7, 11) is 0. The van der Waals surface area contributed by atoms with Crippen molar-refractivity contribution >= 4 is 29.4 Å². The van der Waals surface area contributed by atoms with E-state index in [1.807, 2.05) is 88.4 Å². The maximum Gasteiger partial charge on any atom is 0.243 e. The highest BCUT2D eigenvalue weighted by atomic mass is 16.6. The molecular formula is C42H62N6O6. The van der Waals surface area contributed by atoms with Gasteiger partial charge < -0.3 is 30.9 Å². The number of aryl methyl sites for hydroxylation is 1. The molecule has 54 heavy (non-hydrogen) atoms. The van der Waals surface area contributed by atoms with E-state index in [9.17, 15) is 24.0 Å². The number of benzene rings is 2. The third-order valence-corrected chi connectivity index (χ3v) is 10.2. The number of ether oxygens (including phenoxy) is 1. The average Bonchev–Trinajstić information content (AvgIpc) is 3.90. The number of carbonyl (C=O) groups is 5. The molecular weight excluding hydrogens is 684 g/mol. The van der Waals surface area contributed by atoms with Crippen molar-refractivity contribution in [2.75, 3.05) is 45.9 Å². The van der Waals surface area contributed by atoms with Crippen LogP contribution in [0.15, 0.2) is 60.7 Å². The van der Waals surface area contributed by atoms with E-state index in [4.69, 9.17) is 4.74 Å². The van der Waals surface area contributed by atoms with Crippen LogP contribution in [0.2, 0.25) is 0 Å². The highest BCUT2D eigenvalue weighted by molar-refractivity contribution is 5.98. The van der Waals surface area contributed by atoms with Crippen LogP contribution in [0.4, 0.5) is 0 Å². The number of epoxide rings is 1. The lowest BCUT2D eigenvalue weighted by Gasteiger charge is -2.33. The molecule has 2 saturated heterocycles. The minimum Gasteiger partial charge on any atom is -0.361 e. The van der Waals surface area contributed by atoms with E-state index in [0.29, 0.717) is 32.3 Å². The standard InChI is InChI=1S/C42H62N6O6/c1-7-47-20-22-48(23-21-47)27-37(49)43-33(19-18-31-14-10-8-11-15-31)39(51)45-35(25-30(4)5)40(52)46-36(26-32-16-12-9-13-17-32)41(53)44-34(24-29(2)3)38(50)42(6)28-54-42/h8-17,29-30,33-36H,7,18-28H2,1-6H3,(H,43,49)(H,44,53)(H,45,51)(H,46,52)/t33-,34-,35-,36-,42+/m0/s1. The summed E-state index contributed by atoms with van der Waals surface area (Å²) in [6.45, 7) is 16.5. The number of Topliss-reactive ketones (excluding diaryl/α,β-unsaturated/α-hetero) is 1. The highest BCUT2D eigenvalue weighted by Gasteiger charge is 2.50. The van der Waals surface area contributed by atoms with Crippen LogP contribution in [-0.4, -0.2) is 115 Å². The van der Waals surface area contributed by atoms with Gasteiger partial charge in [-0.3, -0.25) is 28.9 Å². The van der Waals surface area contributed by atoms with E-state index in [-0.39, 0.29) is 36.5 Å². The molecule has 4 amide bonds. The van der Waals surface area contributed by atoms with Crippen molar-refractivity contribution in [3.8, 4) is 0 Å². The van der Waals surface area contributed by atoms with Crippen molar-refractivity contribution in [2.45, 2.75) is 103 Å². The molecule has 2 aromatic rings. The van der Waals surface area contributed by atoms with Gasteiger partial charge in [0.15, 0.2) is 5.78 Å². The van der Waals surface area contributed by atoms with Crippen molar-refractivity contribution in [3.63, 3.8) is 0 Å². The zero-order chi connectivity index (χ0) is 39.3. The fraction of sp³-hybridized carbons (Fsp3) is 0.595. The average molecular weight is 747 g/mol. The van der Waals surface area contributed by atoms with Gasteiger partial charge in [0.25, 0.3) is 0 Å². The molecule has 0 saturated carbocycles. The smallest absolute Gasteiger partial charge is 0.243 e. The Morgan fingerprint density at radius 1 is 0.667 bits per heavy atom. The Labute approximate surface area is 321 Å². The van der Waals surface area contributed by atoms with E-state index in [1.165, 1.54) is 0 Å². The highest BCUT2D eigenvalue weighted by Crippen LogP contribution is 2.29. The van der Waals surface area contributed by atoms with Crippen LogP contribution >= 0.6 is 0 Å². The number of hydrogen-bond acceptors (Lipinski definition) is 8. The fourth-order valence-corrected chi connectivity index (χ4v) is 6.83. The van der Waals surface area contributed by atoms with E-state index in [0.717, 1.165) is 43.9 Å². The second kappa shape index (κ2) is 20.5. The molecule has 0 unspecified atom stereocenters. The first-order chi connectivity index (χ1) is 25.8. The van der Waals surface area contributed by atoms with Crippen LogP contribution in [0.1, 0.15) is 71.9 Å². The summed E-state index contributed by atoms with van der Waals surface area (Å²) in [6.07, 6.45) is 1.80.